The highest BCUT2D eigenvalue weighted by atomic mass is 16.6. The number of aromatic nitrogens is 2. The van der Waals surface area contributed by atoms with Crippen LogP contribution < -0.4 is 4.90 Å². The molecule has 8 nitrogen and oxygen atoms in total. The Labute approximate surface area is 126 Å². The van der Waals surface area contributed by atoms with Gasteiger partial charge in [-0.3, -0.25) is 15.0 Å². The van der Waals surface area contributed by atoms with Gasteiger partial charge in [0.2, 0.25) is 5.82 Å². The van der Waals surface area contributed by atoms with Gasteiger partial charge in [-0.2, -0.15) is 5.10 Å². The zero-order valence-electron chi connectivity index (χ0n) is 11.7. The monoisotopic (exact) mass is 302 g/mol. The van der Waals surface area contributed by atoms with Gasteiger partial charge >= 0.3 is 11.8 Å². The first-order valence-corrected chi connectivity index (χ1v) is 6.85. The number of carbonyl (C=O) groups is 1. The number of hydrogen-bond acceptors (Lipinski definition) is 5. The number of carbonyl (C=O) groups excluding carboxylic acids is 1. The van der Waals surface area contributed by atoms with Gasteiger partial charge in [0.1, 0.15) is 12.8 Å². The van der Waals surface area contributed by atoms with Crippen LogP contribution in [-0.2, 0) is 17.9 Å². The fraction of sp³-hybridized carbons (Fsp3) is 0.286. The first-order valence-electron chi connectivity index (χ1n) is 6.85. The number of amides is 1. The van der Waals surface area contributed by atoms with Gasteiger partial charge in [0, 0.05) is 13.1 Å². The highest BCUT2D eigenvalue weighted by Gasteiger charge is 2.33. The first-order chi connectivity index (χ1) is 10.7. The van der Waals surface area contributed by atoms with Crippen LogP contribution in [0.25, 0.3) is 0 Å². The largest absolute Gasteiger partial charge is 0.444 e. The lowest BCUT2D eigenvalue weighted by Crippen LogP contribution is -2.38. The zero-order valence-corrected chi connectivity index (χ0v) is 11.7. The number of rotatable bonds is 3. The van der Waals surface area contributed by atoms with E-state index in [1.165, 1.54) is 9.58 Å². The van der Waals surface area contributed by atoms with Gasteiger partial charge in [-0.05, 0) is 12.0 Å². The van der Waals surface area contributed by atoms with Gasteiger partial charge in [0.15, 0.2) is 0 Å². The van der Waals surface area contributed by atoms with E-state index in [1.807, 2.05) is 30.3 Å². The summed E-state index contributed by atoms with van der Waals surface area (Å²) in [6.45, 7) is 1.05. The van der Waals surface area contributed by atoms with Crippen molar-refractivity contribution in [3.05, 3.63) is 52.2 Å². The van der Waals surface area contributed by atoms with E-state index < -0.39 is 11.0 Å². The highest BCUT2D eigenvalue weighted by Crippen LogP contribution is 2.31. The van der Waals surface area contributed by atoms with Crippen LogP contribution in [-0.4, -0.2) is 27.3 Å². The fourth-order valence-corrected chi connectivity index (χ4v) is 2.40. The molecular weight excluding hydrogens is 288 g/mol. The molecule has 0 atom stereocenters. The van der Waals surface area contributed by atoms with E-state index >= 15 is 0 Å². The van der Waals surface area contributed by atoms with E-state index in [1.54, 1.807) is 0 Å². The van der Waals surface area contributed by atoms with Crippen LogP contribution in [0.1, 0.15) is 12.0 Å². The van der Waals surface area contributed by atoms with Crippen LogP contribution in [0.5, 0.6) is 0 Å². The SMILES string of the molecule is O=C(OCc1ccccc1)N1CCCn2ncc([N+](=O)[O-])c21. The van der Waals surface area contributed by atoms with Gasteiger partial charge in [0.05, 0.1) is 4.92 Å². The van der Waals surface area contributed by atoms with E-state index in [2.05, 4.69) is 5.10 Å². The number of anilines is 1. The Morgan fingerprint density at radius 3 is 2.82 bits per heavy atom. The molecule has 114 valence electrons. The molecule has 0 N–H and O–H groups in total. The summed E-state index contributed by atoms with van der Waals surface area (Å²) in [7, 11) is 0. The van der Waals surface area contributed by atoms with E-state index in [0.717, 1.165) is 11.8 Å². The number of ether oxygens (including phenoxy) is 1. The molecule has 0 unspecified atom stereocenters. The van der Waals surface area contributed by atoms with Crippen molar-refractivity contribution in [3.63, 3.8) is 0 Å². The molecule has 1 aliphatic rings. The third-order valence-corrected chi connectivity index (χ3v) is 3.42. The predicted octanol–water partition coefficient (Wildman–Crippen LogP) is 2.34. The second-order valence-electron chi connectivity index (χ2n) is 4.88. The van der Waals surface area contributed by atoms with Crippen molar-refractivity contribution >= 4 is 17.6 Å². The molecule has 0 bridgehead atoms. The maximum absolute atomic E-state index is 12.2. The molecule has 0 spiro atoms. The van der Waals surface area contributed by atoms with E-state index in [9.17, 15) is 14.9 Å². The third kappa shape index (κ3) is 2.62. The molecule has 2 aromatic rings. The minimum atomic E-state index is -0.603. The van der Waals surface area contributed by atoms with Gasteiger partial charge in [-0.1, -0.05) is 30.3 Å². The van der Waals surface area contributed by atoms with Crippen molar-refractivity contribution in [1.82, 2.24) is 9.78 Å². The van der Waals surface area contributed by atoms with Crippen LogP contribution >= 0.6 is 0 Å². The molecule has 3 rings (SSSR count). The summed E-state index contributed by atoms with van der Waals surface area (Å²) in [4.78, 5) is 24.0. The average Bonchev–Trinajstić information content (AvgIpc) is 2.98. The Kier molecular flexibility index (Phi) is 3.73. The summed E-state index contributed by atoms with van der Waals surface area (Å²) < 4.78 is 6.72. The second kappa shape index (κ2) is 5.84. The minimum Gasteiger partial charge on any atom is -0.444 e. The number of fused-ring (bicyclic) bond motifs is 1. The molecule has 0 fully saturated rings. The number of hydrogen-bond donors (Lipinski definition) is 0. The van der Waals surface area contributed by atoms with Crippen LogP contribution in [0.4, 0.5) is 16.3 Å². The average molecular weight is 302 g/mol. The van der Waals surface area contributed by atoms with Crippen LogP contribution in [0.3, 0.4) is 0 Å². The van der Waals surface area contributed by atoms with E-state index in [-0.39, 0.29) is 18.1 Å². The smallest absolute Gasteiger partial charge is 0.416 e. The van der Waals surface area contributed by atoms with Crippen LogP contribution in [0.15, 0.2) is 36.5 Å². The van der Waals surface area contributed by atoms with Crippen molar-refractivity contribution in [2.75, 3.05) is 11.4 Å². The summed E-state index contributed by atoms with van der Waals surface area (Å²) in [5, 5.41) is 15.0. The molecular formula is C14H14N4O4. The number of nitro groups is 1. The molecule has 0 saturated carbocycles. The standard InChI is InChI=1S/C14H14N4O4/c19-14(22-10-11-5-2-1-3-6-11)16-7-4-8-17-13(16)12(9-15-17)18(20)21/h1-3,5-6,9H,4,7-8,10H2. The zero-order chi connectivity index (χ0) is 15.5. The van der Waals surface area contributed by atoms with Gasteiger partial charge in [-0.25, -0.2) is 9.48 Å². The minimum absolute atomic E-state index is 0.123. The molecule has 1 aliphatic heterocycles. The summed E-state index contributed by atoms with van der Waals surface area (Å²) in [6, 6.07) is 9.26. The van der Waals surface area contributed by atoms with E-state index in [0.29, 0.717) is 19.5 Å². The normalized spacial score (nSPS) is 13.5. The van der Waals surface area contributed by atoms with Gasteiger partial charge in [0.25, 0.3) is 0 Å². The molecule has 1 aromatic carbocycles. The number of nitrogens with zero attached hydrogens (tertiary/aromatic N) is 4. The maximum atomic E-state index is 12.2. The Hall–Kier alpha value is -2.90. The van der Waals surface area contributed by atoms with Crippen LogP contribution in [0.2, 0.25) is 0 Å². The number of benzene rings is 1. The summed E-state index contributed by atoms with van der Waals surface area (Å²) >= 11 is 0. The van der Waals surface area contributed by atoms with E-state index in [4.69, 9.17) is 4.74 Å². The van der Waals surface area contributed by atoms with Crippen molar-refractivity contribution in [1.29, 1.82) is 0 Å². The van der Waals surface area contributed by atoms with Crippen molar-refractivity contribution in [3.8, 4) is 0 Å². The molecule has 1 aromatic heterocycles. The highest BCUT2D eigenvalue weighted by molar-refractivity contribution is 5.89. The van der Waals surface area contributed by atoms with Gasteiger partial charge < -0.3 is 4.74 Å². The Balaban J connectivity index is 1.77. The molecule has 0 saturated heterocycles. The topological polar surface area (TPSA) is 90.5 Å². The third-order valence-electron chi connectivity index (χ3n) is 3.42. The maximum Gasteiger partial charge on any atom is 0.416 e. The Morgan fingerprint density at radius 2 is 2.09 bits per heavy atom. The number of aryl methyl sites for hydroxylation is 1. The predicted molar refractivity (Wildman–Crippen MR) is 77.5 cm³/mol. The van der Waals surface area contributed by atoms with Crippen molar-refractivity contribution < 1.29 is 14.5 Å². The molecule has 1 amide bonds. The molecule has 0 radical (unpaired) electrons. The molecule has 2 heterocycles. The Morgan fingerprint density at radius 1 is 1.32 bits per heavy atom. The first kappa shape index (κ1) is 14.1. The van der Waals surface area contributed by atoms with Crippen LogP contribution in [0, 0.1) is 10.1 Å². The second-order valence-corrected chi connectivity index (χ2v) is 4.88. The molecule has 22 heavy (non-hydrogen) atoms. The Bertz CT molecular complexity index is 698. The fourth-order valence-electron chi connectivity index (χ4n) is 2.40. The molecule has 8 heteroatoms. The summed E-state index contributed by atoms with van der Waals surface area (Å²) in [5.74, 6) is 0.189. The quantitative estimate of drug-likeness (QED) is 0.641. The van der Waals surface area contributed by atoms with Crippen molar-refractivity contribution in [2.24, 2.45) is 0 Å². The van der Waals surface area contributed by atoms with Crippen molar-refractivity contribution in [2.45, 2.75) is 19.6 Å². The van der Waals surface area contributed by atoms with Gasteiger partial charge in [-0.15, -0.1) is 0 Å². The lowest BCUT2D eigenvalue weighted by Gasteiger charge is -2.26. The summed E-state index contributed by atoms with van der Waals surface area (Å²) in [5.41, 5.74) is 0.673. The molecule has 0 aliphatic carbocycles. The summed E-state index contributed by atoms with van der Waals surface area (Å²) in [6.07, 6.45) is 1.23. The lowest BCUT2D eigenvalue weighted by atomic mass is 10.2. The lowest BCUT2D eigenvalue weighted by molar-refractivity contribution is -0.384.